The van der Waals surface area contributed by atoms with Gasteiger partial charge in [-0.1, -0.05) is 0 Å². The van der Waals surface area contributed by atoms with E-state index in [1.54, 1.807) is 13.8 Å². The van der Waals surface area contributed by atoms with Gasteiger partial charge in [-0.05, 0) is 20.3 Å². The third-order valence-corrected chi connectivity index (χ3v) is 5.63. The van der Waals surface area contributed by atoms with Crippen molar-refractivity contribution in [2.75, 3.05) is 31.8 Å². The van der Waals surface area contributed by atoms with Crippen LogP contribution in [0.4, 0.5) is 0 Å². The molecule has 14 heteroatoms. The third-order valence-electron chi connectivity index (χ3n) is 3.39. The van der Waals surface area contributed by atoms with Gasteiger partial charge in [0, 0.05) is 12.2 Å². The molecule has 2 atom stereocenters. The van der Waals surface area contributed by atoms with E-state index in [4.69, 9.17) is 14.2 Å². The number of hydrogen-bond donors (Lipinski definition) is 6. The molecule has 2 amide bonds. The first-order chi connectivity index (χ1) is 13.6. The molecule has 0 aliphatic heterocycles. The van der Waals surface area contributed by atoms with Crippen molar-refractivity contribution < 1.29 is 43.0 Å². The highest BCUT2D eigenvalue weighted by atomic mass is 32.1. The lowest BCUT2D eigenvalue weighted by Gasteiger charge is -2.21. The van der Waals surface area contributed by atoms with Gasteiger partial charge in [-0.25, -0.2) is 0 Å². The Kier molecular flexibility index (Phi) is 13.5. The van der Waals surface area contributed by atoms with Crippen molar-refractivity contribution in [2.45, 2.75) is 38.8 Å². The largest absolute Gasteiger partial charge is 0.480 e. The highest BCUT2D eigenvalue weighted by molar-refractivity contribution is 7.80. The van der Waals surface area contributed by atoms with Gasteiger partial charge in [0.25, 0.3) is 0 Å². The zero-order valence-electron chi connectivity index (χ0n) is 16.3. The molecular weight excluding hydrogens is 429 g/mol. The van der Waals surface area contributed by atoms with Gasteiger partial charge in [0.15, 0.2) is 0 Å². The van der Waals surface area contributed by atoms with Gasteiger partial charge in [-0.15, -0.1) is 0 Å². The Morgan fingerprint density at radius 1 is 1.07 bits per heavy atom. The van der Waals surface area contributed by atoms with E-state index in [1.165, 1.54) is 0 Å². The number of aliphatic carboxylic acids is 2. The van der Waals surface area contributed by atoms with Gasteiger partial charge in [0.05, 0.1) is 19.5 Å². The number of amides is 2. The minimum atomic E-state index is -3.50. The minimum Gasteiger partial charge on any atom is -0.480 e. The van der Waals surface area contributed by atoms with Crippen LogP contribution in [0.5, 0.6) is 0 Å². The Bertz CT molecular complexity index is 610. The van der Waals surface area contributed by atoms with Crippen LogP contribution in [0, 0.1) is 0 Å². The summed E-state index contributed by atoms with van der Waals surface area (Å²) < 4.78 is 22.5. The molecule has 0 spiro atoms. The molecule has 0 aromatic heterocycles. The molecule has 12 nitrogen and oxygen atoms in total. The maximum atomic E-state index is 12.4. The van der Waals surface area contributed by atoms with Gasteiger partial charge in [-0.3, -0.25) is 29.1 Å². The predicted molar refractivity (Wildman–Crippen MR) is 106 cm³/mol. The van der Waals surface area contributed by atoms with E-state index in [0.29, 0.717) is 0 Å². The lowest BCUT2D eigenvalue weighted by Crippen LogP contribution is -2.49. The van der Waals surface area contributed by atoms with Crippen LogP contribution in [0.25, 0.3) is 0 Å². The lowest BCUT2D eigenvalue weighted by molar-refractivity contribution is -0.139. The van der Waals surface area contributed by atoms with E-state index in [1.807, 2.05) is 0 Å². The fourth-order valence-electron chi connectivity index (χ4n) is 2.08. The van der Waals surface area contributed by atoms with Crippen molar-refractivity contribution >= 4 is 44.0 Å². The van der Waals surface area contributed by atoms with Crippen molar-refractivity contribution in [3.63, 3.8) is 0 Å². The Morgan fingerprint density at radius 3 is 2.10 bits per heavy atom. The van der Waals surface area contributed by atoms with Crippen LogP contribution in [0.2, 0.25) is 0 Å². The Labute approximate surface area is 174 Å². The first-order valence-electron chi connectivity index (χ1n) is 8.82. The van der Waals surface area contributed by atoms with Crippen molar-refractivity contribution in [2.24, 2.45) is 0 Å². The van der Waals surface area contributed by atoms with Crippen molar-refractivity contribution in [3.05, 3.63) is 0 Å². The second-order valence-electron chi connectivity index (χ2n) is 5.65. The van der Waals surface area contributed by atoms with E-state index in [-0.39, 0.29) is 38.1 Å². The smallest absolute Gasteiger partial charge is 0.344 e. The van der Waals surface area contributed by atoms with E-state index in [0.717, 1.165) is 0 Å². The average Bonchev–Trinajstić information content (AvgIpc) is 2.64. The molecule has 0 saturated carbocycles. The van der Waals surface area contributed by atoms with Crippen LogP contribution in [0.15, 0.2) is 0 Å². The first-order valence-corrected chi connectivity index (χ1v) is 11.2. The van der Waals surface area contributed by atoms with Gasteiger partial charge < -0.3 is 29.9 Å². The molecule has 0 aromatic rings. The van der Waals surface area contributed by atoms with E-state index in [9.17, 15) is 28.8 Å². The molecule has 0 saturated heterocycles. The summed E-state index contributed by atoms with van der Waals surface area (Å²) >= 11 is 3.93. The second-order valence-corrected chi connectivity index (χ2v) is 8.07. The summed E-state index contributed by atoms with van der Waals surface area (Å²) in [7, 11) is -3.50. The van der Waals surface area contributed by atoms with Gasteiger partial charge >= 0.3 is 19.5 Å². The maximum Gasteiger partial charge on any atom is 0.344 e. The highest BCUT2D eigenvalue weighted by Gasteiger charge is 2.28. The molecule has 0 heterocycles. The zero-order valence-corrected chi connectivity index (χ0v) is 18.0. The maximum absolute atomic E-state index is 12.4. The molecule has 0 fully saturated rings. The van der Waals surface area contributed by atoms with Gasteiger partial charge in [0.2, 0.25) is 11.8 Å². The van der Waals surface area contributed by atoms with Gasteiger partial charge in [-0.2, -0.15) is 12.6 Å². The summed E-state index contributed by atoms with van der Waals surface area (Å²) in [5, 5.41) is 24.9. The van der Waals surface area contributed by atoms with Crippen LogP contribution >= 0.6 is 20.2 Å². The summed E-state index contributed by atoms with van der Waals surface area (Å²) in [6.45, 7) is 2.87. The molecular formula is C15H28N3O9PS. The number of carbonyl (C=O) groups excluding carboxylic acids is 2. The molecule has 0 aliphatic rings. The normalized spacial score (nSPS) is 13.3. The van der Waals surface area contributed by atoms with E-state index < -0.39 is 50.0 Å². The fraction of sp³-hybridized carbons (Fsp3) is 0.733. The monoisotopic (exact) mass is 457 g/mol. The lowest BCUT2D eigenvalue weighted by atomic mass is 10.1. The van der Waals surface area contributed by atoms with Crippen molar-refractivity contribution in [3.8, 4) is 0 Å². The molecule has 29 heavy (non-hydrogen) atoms. The van der Waals surface area contributed by atoms with E-state index >= 15 is 0 Å². The number of carbonyl (C=O) groups is 4. The number of hydrogen-bond acceptors (Lipinski definition) is 9. The summed E-state index contributed by atoms with van der Waals surface area (Å²) in [5.74, 6) is -3.93. The summed E-state index contributed by atoms with van der Waals surface area (Å²) in [4.78, 5) is 45.7. The van der Waals surface area contributed by atoms with Crippen molar-refractivity contribution in [1.29, 1.82) is 0 Å². The fourth-order valence-corrected chi connectivity index (χ4v) is 3.82. The highest BCUT2D eigenvalue weighted by Crippen LogP contribution is 2.46. The predicted octanol–water partition coefficient (Wildman–Crippen LogP) is -0.352. The molecule has 0 rings (SSSR count). The number of carboxylic acids is 2. The third kappa shape index (κ3) is 11.8. The molecule has 0 radical (unpaired) electrons. The molecule has 5 N–H and O–H groups in total. The summed E-state index contributed by atoms with van der Waals surface area (Å²) in [6.07, 6.45) is -0.756. The topological polar surface area (TPSA) is 180 Å². The Hall–Kier alpha value is -1.66. The number of thiol groups is 1. The number of nitrogens with one attached hydrogen (secondary N) is 3. The number of carboxylic acid groups (broad SMARTS) is 2. The average molecular weight is 457 g/mol. The van der Waals surface area contributed by atoms with Gasteiger partial charge in [0.1, 0.15) is 18.6 Å². The Morgan fingerprint density at radius 2 is 1.66 bits per heavy atom. The minimum absolute atomic E-state index is 0.0797. The molecule has 168 valence electrons. The van der Waals surface area contributed by atoms with Crippen LogP contribution in [0.1, 0.15) is 26.7 Å². The van der Waals surface area contributed by atoms with Crippen LogP contribution in [0.3, 0.4) is 0 Å². The summed E-state index contributed by atoms with van der Waals surface area (Å²) in [6, 6.07) is -2.28. The van der Waals surface area contributed by atoms with Crippen LogP contribution in [-0.4, -0.2) is 77.8 Å². The van der Waals surface area contributed by atoms with Crippen molar-refractivity contribution in [1.82, 2.24) is 16.0 Å². The molecule has 0 unspecified atom stereocenters. The molecule has 0 aliphatic carbocycles. The molecule has 0 aromatic carbocycles. The summed E-state index contributed by atoms with van der Waals surface area (Å²) in [5.41, 5.74) is 0. The zero-order chi connectivity index (χ0) is 22.4. The van der Waals surface area contributed by atoms with E-state index in [2.05, 4.69) is 28.6 Å². The van der Waals surface area contributed by atoms with Crippen LogP contribution < -0.4 is 16.0 Å². The second kappa shape index (κ2) is 14.3. The first kappa shape index (κ1) is 27.3. The SMILES string of the molecule is CCOP(=O)(CN[C@@H](CCC(=O)N[C@@H](CS)C(=O)NCC(=O)O)C(=O)O)OCC. The number of rotatable bonds is 16. The van der Waals surface area contributed by atoms with Crippen LogP contribution in [-0.2, 0) is 32.8 Å². The Balaban J connectivity index is 4.68. The quantitative estimate of drug-likeness (QED) is 0.132. The molecule has 0 bridgehead atoms. The standard InChI is InChI=1S/C15H28N3O9PS/c1-3-26-28(25,27-4-2)9-17-10(15(23)24)5-6-12(19)18-11(8-29)14(22)16-7-13(20)21/h10-11,17,29H,3-9H2,1-2H3,(H,16,22)(H,18,19)(H,20,21)(H,23,24)/t10-,11-/m0/s1.